The van der Waals surface area contributed by atoms with Crippen LogP contribution < -0.4 is 5.43 Å². The van der Waals surface area contributed by atoms with Gasteiger partial charge >= 0.3 is 6.18 Å². The molecule has 110 valence electrons. The molecule has 1 heterocycles. The molecule has 2 rings (SSSR count). The van der Waals surface area contributed by atoms with Crippen LogP contribution >= 0.6 is 11.6 Å². The van der Waals surface area contributed by atoms with Crippen molar-refractivity contribution >= 4 is 17.5 Å². The van der Waals surface area contributed by atoms with E-state index in [0.29, 0.717) is 5.02 Å². The van der Waals surface area contributed by atoms with E-state index in [1.54, 1.807) is 24.3 Å². The zero-order valence-corrected chi connectivity index (χ0v) is 11.3. The van der Waals surface area contributed by atoms with Crippen molar-refractivity contribution in [3.05, 3.63) is 34.9 Å². The van der Waals surface area contributed by atoms with E-state index in [1.807, 2.05) is 0 Å². The number of nitrogens with one attached hydrogen (secondary N) is 1. The SMILES string of the molecule is O=C1CCN([C@@H](CCc2ccc(Cl)cc2)C(F)(F)F)N1. The monoisotopic (exact) mass is 306 g/mol. The molecule has 0 radical (unpaired) electrons. The molecule has 1 aromatic carbocycles. The minimum atomic E-state index is -4.37. The fourth-order valence-electron chi connectivity index (χ4n) is 2.18. The summed E-state index contributed by atoms with van der Waals surface area (Å²) in [6, 6.07) is 5.05. The van der Waals surface area contributed by atoms with Gasteiger partial charge in [0.1, 0.15) is 6.04 Å². The zero-order valence-electron chi connectivity index (χ0n) is 10.6. The molecule has 1 atom stereocenters. The van der Waals surface area contributed by atoms with Crippen molar-refractivity contribution in [1.82, 2.24) is 10.4 Å². The number of alkyl halides is 3. The second-order valence-corrected chi connectivity index (χ2v) is 5.14. The summed E-state index contributed by atoms with van der Waals surface area (Å²) in [4.78, 5) is 11.1. The molecule has 1 amide bonds. The average Bonchev–Trinajstić information content (AvgIpc) is 2.77. The maximum Gasteiger partial charge on any atom is 0.405 e. The normalized spacial score (nSPS) is 18.1. The van der Waals surface area contributed by atoms with Crippen LogP contribution in [0.5, 0.6) is 0 Å². The van der Waals surface area contributed by atoms with Gasteiger partial charge in [-0.2, -0.15) is 13.2 Å². The van der Waals surface area contributed by atoms with E-state index in [-0.39, 0.29) is 31.7 Å². The standard InChI is InChI=1S/C13H14ClF3N2O/c14-10-4-1-9(2-5-10)3-6-11(13(15,16)17)19-8-7-12(20)18-19/h1-2,4-5,11H,3,6-8H2,(H,18,20)/t11-/m0/s1. The number of nitrogens with zero attached hydrogens (tertiary/aromatic N) is 1. The summed E-state index contributed by atoms with van der Waals surface area (Å²) in [5.74, 6) is -0.370. The van der Waals surface area contributed by atoms with Crippen molar-refractivity contribution in [2.24, 2.45) is 0 Å². The lowest BCUT2D eigenvalue weighted by Gasteiger charge is -2.28. The summed E-state index contributed by atoms with van der Waals surface area (Å²) in [5.41, 5.74) is 3.05. The van der Waals surface area contributed by atoms with Crippen molar-refractivity contribution in [3.63, 3.8) is 0 Å². The second-order valence-electron chi connectivity index (χ2n) is 4.70. The van der Waals surface area contributed by atoms with Gasteiger partial charge in [-0.15, -0.1) is 0 Å². The molecule has 7 heteroatoms. The van der Waals surface area contributed by atoms with Crippen molar-refractivity contribution in [1.29, 1.82) is 0 Å². The van der Waals surface area contributed by atoms with E-state index in [1.165, 1.54) is 0 Å². The summed E-state index contributed by atoms with van der Waals surface area (Å²) in [6.45, 7) is 0.0869. The van der Waals surface area contributed by atoms with E-state index >= 15 is 0 Å². The first kappa shape index (κ1) is 15.1. The number of halogens is 4. The minimum absolute atomic E-state index is 0.0869. The van der Waals surface area contributed by atoms with Gasteiger partial charge in [-0.05, 0) is 30.5 Å². The van der Waals surface area contributed by atoms with Gasteiger partial charge in [0, 0.05) is 18.0 Å². The highest BCUT2D eigenvalue weighted by molar-refractivity contribution is 6.30. The number of carbonyl (C=O) groups is 1. The molecule has 1 aliphatic rings. The van der Waals surface area contributed by atoms with Crippen molar-refractivity contribution in [3.8, 4) is 0 Å². The molecule has 0 aromatic heterocycles. The van der Waals surface area contributed by atoms with E-state index in [0.717, 1.165) is 10.6 Å². The van der Waals surface area contributed by atoms with Gasteiger partial charge in [0.15, 0.2) is 0 Å². The lowest BCUT2D eigenvalue weighted by molar-refractivity contribution is -0.189. The number of aryl methyl sites for hydroxylation is 1. The predicted molar refractivity (Wildman–Crippen MR) is 69.1 cm³/mol. The smallest absolute Gasteiger partial charge is 0.288 e. The van der Waals surface area contributed by atoms with Crippen LogP contribution in [0.25, 0.3) is 0 Å². The van der Waals surface area contributed by atoms with Crippen molar-refractivity contribution in [2.45, 2.75) is 31.5 Å². The molecule has 1 aromatic rings. The van der Waals surface area contributed by atoms with Gasteiger partial charge in [0.25, 0.3) is 0 Å². The van der Waals surface area contributed by atoms with E-state index in [2.05, 4.69) is 5.43 Å². The summed E-state index contributed by atoms with van der Waals surface area (Å²) in [6.07, 6.45) is -4.10. The van der Waals surface area contributed by atoms with Crippen LogP contribution in [0, 0.1) is 0 Å². The Bertz CT molecular complexity index is 475. The minimum Gasteiger partial charge on any atom is -0.288 e. The maximum absolute atomic E-state index is 13.1. The number of rotatable bonds is 4. The highest BCUT2D eigenvalue weighted by Crippen LogP contribution is 2.29. The van der Waals surface area contributed by atoms with Gasteiger partial charge in [-0.3, -0.25) is 10.2 Å². The quantitative estimate of drug-likeness (QED) is 0.927. The third-order valence-electron chi connectivity index (χ3n) is 3.22. The van der Waals surface area contributed by atoms with Crippen LogP contribution in [0.3, 0.4) is 0 Å². The van der Waals surface area contributed by atoms with Crippen LogP contribution in [0.4, 0.5) is 13.2 Å². The molecule has 0 saturated carbocycles. The Morgan fingerprint density at radius 2 is 1.95 bits per heavy atom. The number of benzene rings is 1. The first-order chi connectivity index (χ1) is 9.36. The Balaban J connectivity index is 2.01. The molecule has 0 unspecified atom stereocenters. The van der Waals surface area contributed by atoms with Crippen LogP contribution in [0.15, 0.2) is 24.3 Å². The lowest BCUT2D eigenvalue weighted by Crippen LogP contribution is -2.50. The molecular formula is C13H14ClF3N2O. The zero-order chi connectivity index (χ0) is 14.8. The Hall–Kier alpha value is -1.27. The summed E-state index contributed by atoms with van der Waals surface area (Å²) < 4.78 is 39.2. The molecule has 1 aliphatic heterocycles. The fraction of sp³-hybridized carbons (Fsp3) is 0.462. The lowest BCUT2D eigenvalue weighted by atomic mass is 10.0. The van der Waals surface area contributed by atoms with Crippen LogP contribution in [-0.2, 0) is 11.2 Å². The number of hydrogen-bond donors (Lipinski definition) is 1. The van der Waals surface area contributed by atoms with Crippen molar-refractivity contribution < 1.29 is 18.0 Å². The molecule has 0 aliphatic carbocycles. The highest BCUT2D eigenvalue weighted by atomic mass is 35.5. The summed E-state index contributed by atoms with van der Waals surface area (Å²) in [5, 5.41) is 1.53. The number of amides is 1. The molecular weight excluding hydrogens is 293 g/mol. The van der Waals surface area contributed by atoms with Gasteiger partial charge in [0.2, 0.25) is 5.91 Å². The van der Waals surface area contributed by atoms with Gasteiger partial charge in [0.05, 0.1) is 0 Å². The largest absolute Gasteiger partial charge is 0.405 e. The van der Waals surface area contributed by atoms with Crippen LogP contribution in [-0.4, -0.2) is 29.7 Å². The second kappa shape index (κ2) is 6.01. The summed E-state index contributed by atoms with van der Waals surface area (Å²) >= 11 is 5.73. The molecule has 1 fully saturated rings. The molecule has 1 N–H and O–H groups in total. The topological polar surface area (TPSA) is 32.3 Å². The molecule has 1 saturated heterocycles. The van der Waals surface area contributed by atoms with E-state index < -0.39 is 12.2 Å². The molecule has 20 heavy (non-hydrogen) atoms. The average molecular weight is 307 g/mol. The van der Waals surface area contributed by atoms with Crippen molar-refractivity contribution in [2.75, 3.05) is 6.54 Å². The van der Waals surface area contributed by atoms with Gasteiger partial charge in [-0.25, -0.2) is 5.01 Å². The van der Waals surface area contributed by atoms with Gasteiger partial charge < -0.3 is 0 Å². The Morgan fingerprint density at radius 1 is 1.30 bits per heavy atom. The first-order valence-electron chi connectivity index (χ1n) is 6.23. The highest BCUT2D eigenvalue weighted by Gasteiger charge is 2.45. The Morgan fingerprint density at radius 3 is 2.45 bits per heavy atom. The predicted octanol–water partition coefficient (Wildman–Crippen LogP) is 2.94. The molecule has 3 nitrogen and oxygen atoms in total. The number of hydrazine groups is 1. The third-order valence-corrected chi connectivity index (χ3v) is 3.47. The fourth-order valence-corrected chi connectivity index (χ4v) is 2.30. The summed E-state index contributed by atoms with van der Waals surface area (Å²) in [7, 11) is 0. The first-order valence-corrected chi connectivity index (χ1v) is 6.61. The molecule has 0 bridgehead atoms. The molecule has 0 spiro atoms. The van der Waals surface area contributed by atoms with E-state index in [9.17, 15) is 18.0 Å². The van der Waals surface area contributed by atoms with E-state index in [4.69, 9.17) is 11.6 Å². The third kappa shape index (κ3) is 3.86. The number of carbonyl (C=O) groups excluding carboxylic acids is 1. The number of hydrogen-bond acceptors (Lipinski definition) is 2. The Kier molecular flexibility index (Phi) is 4.55. The van der Waals surface area contributed by atoms with Gasteiger partial charge in [-0.1, -0.05) is 23.7 Å². The van der Waals surface area contributed by atoms with Crippen LogP contribution in [0.1, 0.15) is 18.4 Å². The maximum atomic E-state index is 13.1. The van der Waals surface area contributed by atoms with Crippen LogP contribution in [0.2, 0.25) is 5.02 Å². The Labute approximate surface area is 119 Å².